The Kier molecular flexibility index (Phi) is 6.06. The average Bonchev–Trinajstić information content (AvgIpc) is 3.34. The summed E-state index contributed by atoms with van der Waals surface area (Å²) >= 11 is 7.32. The molecule has 9 heteroatoms. The lowest BCUT2D eigenvalue weighted by Crippen LogP contribution is -2.26. The largest absolute Gasteiger partial charge is 0.413 e. The van der Waals surface area contributed by atoms with Gasteiger partial charge < -0.3 is 10.1 Å². The number of nitrogens with one attached hydrogen (secondary N) is 1. The summed E-state index contributed by atoms with van der Waals surface area (Å²) in [5.41, 5.74) is 3.30. The first kappa shape index (κ1) is 20.1. The van der Waals surface area contributed by atoms with Crippen molar-refractivity contribution in [2.24, 2.45) is 0 Å². The zero-order valence-corrected chi connectivity index (χ0v) is 17.7. The van der Waals surface area contributed by atoms with Crippen molar-refractivity contribution >= 4 is 29.0 Å². The summed E-state index contributed by atoms with van der Waals surface area (Å²) in [6.45, 7) is 2.74. The van der Waals surface area contributed by atoms with Gasteiger partial charge >= 0.3 is 6.09 Å². The number of nitrogens with zero attached hydrogens (tertiary/aromatic N) is 4. The molecule has 1 N–H and O–H groups in total. The Morgan fingerprint density at radius 1 is 1.23 bits per heavy atom. The Morgan fingerprint density at radius 2 is 2.10 bits per heavy atom. The van der Waals surface area contributed by atoms with Crippen molar-refractivity contribution in [1.29, 1.82) is 0 Å². The minimum Gasteiger partial charge on any atom is -0.397 e. The van der Waals surface area contributed by atoms with Gasteiger partial charge in [0.15, 0.2) is 0 Å². The molecule has 3 heterocycles. The predicted octanol–water partition coefficient (Wildman–Crippen LogP) is 4.70. The van der Waals surface area contributed by atoms with Crippen LogP contribution in [-0.4, -0.2) is 25.8 Å². The number of carbonyl (C=O) groups excluding carboxylic acids is 1. The molecule has 0 aliphatic heterocycles. The number of amides is 1. The zero-order valence-electron chi connectivity index (χ0n) is 16.1. The van der Waals surface area contributed by atoms with E-state index in [9.17, 15) is 4.79 Å². The van der Waals surface area contributed by atoms with Gasteiger partial charge in [0.1, 0.15) is 10.7 Å². The molecule has 3 aromatic heterocycles. The van der Waals surface area contributed by atoms with Crippen LogP contribution >= 0.6 is 22.9 Å². The van der Waals surface area contributed by atoms with E-state index in [-0.39, 0.29) is 0 Å². The van der Waals surface area contributed by atoms with Gasteiger partial charge in [0, 0.05) is 30.2 Å². The SMILES string of the molecule is Cc1nc(-c2ccn(Cc3cccc(Cl)c3)n2)sc1OC(=O)NCc1cccnc1. The van der Waals surface area contributed by atoms with Crippen molar-refractivity contribution < 1.29 is 9.53 Å². The third-order valence-electron chi connectivity index (χ3n) is 4.19. The van der Waals surface area contributed by atoms with Gasteiger partial charge in [0.05, 0.1) is 12.2 Å². The van der Waals surface area contributed by atoms with Crippen LogP contribution in [0, 0.1) is 6.92 Å². The zero-order chi connectivity index (χ0) is 20.9. The molecule has 152 valence electrons. The highest BCUT2D eigenvalue weighted by Crippen LogP contribution is 2.33. The Hall–Kier alpha value is -3.23. The van der Waals surface area contributed by atoms with E-state index < -0.39 is 6.09 Å². The van der Waals surface area contributed by atoms with Crippen LogP contribution in [-0.2, 0) is 13.1 Å². The molecule has 0 atom stereocenters. The fourth-order valence-electron chi connectivity index (χ4n) is 2.77. The fraction of sp³-hybridized carbons (Fsp3) is 0.143. The number of carbonyl (C=O) groups is 1. The summed E-state index contributed by atoms with van der Waals surface area (Å²) in [4.78, 5) is 20.6. The first-order chi connectivity index (χ1) is 14.6. The van der Waals surface area contributed by atoms with Crippen LogP contribution in [0.2, 0.25) is 5.02 Å². The minimum absolute atomic E-state index is 0.339. The van der Waals surface area contributed by atoms with Crippen LogP contribution in [0.3, 0.4) is 0 Å². The van der Waals surface area contributed by atoms with E-state index in [2.05, 4.69) is 20.4 Å². The molecule has 0 unspecified atom stereocenters. The predicted molar refractivity (Wildman–Crippen MR) is 116 cm³/mol. The molecule has 0 aliphatic carbocycles. The number of aryl methyl sites for hydroxylation is 1. The van der Waals surface area contributed by atoms with Gasteiger partial charge in [-0.3, -0.25) is 9.67 Å². The van der Waals surface area contributed by atoms with Crippen LogP contribution in [0.4, 0.5) is 4.79 Å². The number of rotatable bonds is 6. The number of thiazole rings is 1. The number of halogens is 1. The van der Waals surface area contributed by atoms with Crippen LogP contribution in [0.1, 0.15) is 16.8 Å². The Balaban J connectivity index is 1.40. The molecule has 0 aliphatic rings. The van der Waals surface area contributed by atoms with Crippen molar-refractivity contribution in [2.75, 3.05) is 0 Å². The van der Waals surface area contributed by atoms with E-state index in [0.717, 1.165) is 16.8 Å². The molecule has 0 bridgehead atoms. The third kappa shape index (κ3) is 5.03. The highest BCUT2D eigenvalue weighted by molar-refractivity contribution is 7.17. The van der Waals surface area contributed by atoms with Gasteiger partial charge in [-0.2, -0.15) is 5.10 Å². The van der Waals surface area contributed by atoms with Gasteiger partial charge in [-0.15, -0.1) is 0 Å². The standard InChI is InChI=1S/C21H18ClN5O2S/c1-14-20(29-21(28)24-12-16-5-3-8-23-11-16)30-19(25-14)18-7-9-27(26-18)13-15-4-2-6-17(22)10-15/h2-11H,12-13H2,1H3,(H,24,28). The van der Waals surface area contributed by atoms with E-state index in [0.29, 0.717) is 33.9 Å². The topological polar surface area (TPSA) is 81.9 Å². The molecule has 7 nitrogen and oxygen atoms in total. The van der Waals surface area contributed by atoms with Crippen molar-refractivity contribution in [3.05, 3.63) is 82.9 Å². The maximum atomic E-state index is 12.1. The highest BCUT2D eigenvalue weighted by Gasteiger charge is 2.16. The van der Waals surface area contributed by atoms with Gasteiger partial charge in [-0.25, -0.2) is 9.78 Å². The van der Waals surface area contributed by atoms with Crippen LogP contribution in [0.5, 0.6) is 5.06 Å². The lowest BCUT2D eigenvalue weighted by atomic mass is 10.2. The Labute approximate surface area is 182 Å². The summed E-state index contributed by atoms with van der Waals surface area (Å²) < 4.78 is 7.24. The number of pyridine rings is 1. The van der Waals surface area contributed by atoms with Gasteiger partial charge in [-0.05, 0) is 42.3 Å². The summed E-state index contributed by atoms with van der Waals surface area (Å²) in [6.07, 6.45) is 4.72. The van der Waals surface area contributed by atoms with Gasteiger partial charge in [-0.1, -0.05) is 41.1 Å². The van der Waals surface area contributed by atoms with E-state index in [1.807, 2.05) is 53.3 Å². The molecule has 0 spiro atoms. The summed E-state index contributed by atoms with van der Waals surface area (Å²) in [5, 5.41) is 9.10. The Bertz CT molecular complexity index is 1160. The van der Waals surface area contributed by atoms with E-state index in [1.54, 1.807) is 19.3 Å². The maximum Gasteiger partial charge on any atom is 0.413 e. The van der Waals surface area contributed by atoms with Crippen LogP contribution < -0.4 is 10.1 Å². The van der Waals surface area contributed by atoms with Crippen molar-refractivity contribution in [2.45, 2.75) is 20.0 Å². The monoisotopic (exact) mass is 439 g/mol. The Morgan fingerprint density at radius 3 is 2.90 bits per heavy atom. The second-order valence-electron chi connectivity index (χ2n) is 6.52. The summed E-state index contributed by atoms with van der Waals surface area (Å²) in [5.74, 6) is 0. The molecule has 1 aromatic carbocycles. The summed E-state index contributed by atoms with van der Waals surface area (Å²) in [7, 11) is 0. The van der Waals surface area contributed by atoms with Crippen LogP contribution in [0.25, 0.3) is 10.7 Å². The number of benzene rings is 1. The molecule has 0 saturated heterocycles. The number of hydrogen-bond acceptors (Lipinski definition) is 6. The molecule has 4 aromatic rings. The number of aromatic nitrogens is 4. The third-order valence-corrected chi connectivity index (χ3v) is 5.49. The fourth-order valence-corrected chi connectivity index (χ4v) is 3.87. The van der Waals surface area contributed by atoms with E-state index in [4.69, 9.17) is 16.3 Å². The number of ether oxygens (including phenoxy) is 1. The van der Waals surface area contributed by atoms with Gasteiger partial charge in [0.25, 0.3) is 0 Å². The quantitative estimate of drug-likeness (QED) is 0.471. The molecular formula is C21H18ClN5O2S. The second kappa shape index (κ2) is 9.06. The van der Waals surface area contributed by atoms with E-state index in [1.165, 1.54) is 11.3 Å². The average molecular weight is 440 g/mol. The van der Waals surface area contributed by atoms with Gasteiger partial charge in [0.2, 0.25) is 5.06 Å². The normalized spacial score (nSPS) is 10.7. The van der Waals surface area contributed by atoms with Crippen molar-refractivity contribution in [1.82, 2.24) is 25.1 Å². The smallest absolute Gasteiger partial charge is 0.397 e. The second-order valence-corrected chi connectivity index (χ2v) is 7.92. The molecule has 4 rings (SSSR count). The first-order valence-electron chi connectivity index (χ1n) is 9.17. The molecular weight excluding hydrogens is 422 g/mol. The first-order valence-corrected chi connectivity index (χ1v) is 10.4. The highest BCUT2D eigenvalue weighted by atomic mass is 35.5. The maximum absolute atomic E-state index is 12.1. The minimum atomic E-state index is -0.538. The van der Waals surface area contributed by atoms with E-state index >= 15 is 0 Å². The van der Waals surface area contributed by atoms with Crippen molar-refractivity contribution in [3.63, 3.8) is 0 Å². The number of hydrogen-bond donors (Lipinski definition) is 1. The summed E-state index contributed by atoms with van der Waals surface area (Å²) in [6, 6.07) is 13.2. The lowest BCUT2D eigenvalue weighted by Gasteiger charge is -2.04. The molecule has 0 saturated carbocycles. The molecule has 1 amide bonds. The molecule has 0 radical (unpaired) electrons. The van der Waals surface area contributed by atoms with Crippen molar-refractivity contribution in [3.8, 4) is 15.8 Å². The van der Waals surface area contributed by atoms with Crippen LogP contribution in [0.15, 0.2) is 61.1 Å². The molecule has 0 fully saturated rings. The lowest BCUT2D eigenvalue weighted by molar-refractivity contribution is 0.201. The molecule has 30 heavy (non-hydrogen) atoms.